The van der Waals surface area contributed by atoms with Crippen molar-refractivity contribution in [2.45, 2.75) is 73.8 Å². The first-order valence-corrected chi connectivity index (χ1v) is 17.0. The number of aliphatic imine (C=N–C) groups is 1. The fraction of sp³-hybridized carbons (Fsp3) is 0.421. The third-order valence-corrected chi connectivity index (χ3v) is 8.90. The van der Waals surface area contributed by atoms with Crippen molar-refractivity contribution >= 4 is 46.6 Å². The number of nitrogens with one attached hydrogen (secondary N) is 2. The van der Waals surface area contributed by atoms with Gasteiger partial charge < -0.3 is 29.7 Å². The van der Waals surface area contributed by atoms with Crippen molar-refractivity contribution in [3.8, 4) is 5.75 Å². The lowest BCUT2D eigenvalue weighted by Crippen LogP contribution is -2.48. The van der Waals surface area contributed by atoms with E-state index in [-0.39, 0.29) is 50.1 Å². The monoisotopic (exact) mass is 686 g/mol. The van der Waals surface area contributed by atoms with Gasteiger partial charge in [0.2, 0.25) is 11.7 Å². The summed E-state index contributed by atoms with van der Waals surface area (Å²) < 4.78 is 16.1. The van der Waals surface area contributed by atoms with Gasteiger partial charge in [0.15, 0.2) is 6.10 Å². The number of amides is 2. The van der Waals surface area contributed by atoms with Crippen LogP contribution < -0.4 is 20.3 Å². The summed E-state index contributed by atoms with van der Waals surface area (Å²) in [5.74, 6) is -1.61. The van der Waals surface area contributed by atoms with Crippen LogP contribution in [-0.2, 0) is 33.4 Å². The van der Waals surface area contributed by atoms with Crippen LogP contribution in [0.3, 0.4) is 0 Å². The minimum atomic E-state index is -0.919. The number of benzene rings is 2. The smallest absolute Gasteiger partial charge is 0.325 e. The molecule has 4 rings (SSSR count). The Kier molecular flexibility index (Phi) is 12.3. The average molecular weight is 687 g/mol. The number of Topliss-reactive ketones (excluding diaryl/α,β-unsaturated/α-hetero) is 1. The Labute approximate surface area is 292 Å². The average Bonchev–Trinajstić information content (AvgIpc) is 3.07. The van der Waals surface area contributed by atoms with Gasteiger partial charge in [0.1, 0.15) is 18.8 Å². The highest BCUT2D eigenvalue weighted by Crippen LogP contribution is 2.45. The maximum absolute atomic E-state index is 14.1. The number of nitrogens with zero attached hydrogens (tertiary/aromatic N) is 2. The van der Waals surface area contributed by atoms with Crippen LogP contribution in [0.4, 0.5) is 11.4 Å². The van der Waals surface area contributed by atoms with E-state index in [9.17, 15) is 24.0 Å². The largest absolute Gasteiger partial charge is 0.481 e. The molecule has 0 radical (unpaired) electrons. The van der Waals surface area contributed by atoms with Crippen LogP contribution in [0.15, 0.2) is 70.5 Å². The Bertz CT molecular complexity index is 1720. The number of ketones is 1. The van der Waals surface area contributed by atoms with Gasteiger partial charge in [-0.3, -0.25) is 24.0 Å². The summed E-state index contributed by atoms with van der Waals surface area (Å²) in [4.78, 5) is 71.8. The molecule has 12 nitrogen and oxygen atoms in total. The maximum Gasteiger partial charge on any atom is 0.325 e. The van der Waals surface area contributed by atoms with Gasteiger partial charge in [-0.15, -0.1) is 0 Å². The highest BCUT2D eigenvalue weighted by atomic mass is 16.5. The SMILES string of the molecule is CCOC(=O)CN(CC(=O)OCC)c1ccc(N=C2C=C(NC(=O)C(C)Oc3ccc(C)cc3)C(=O)C3=C2NC(=O)CC3(CC)CC)c(C)c1. The minimum Gasteiger partial charge on any atom is -0.481 e. The molecule has 0 saturated carbocycles. The number of allylic oxidation sites excluding steroid dienone is 2. The van der Waals surface area contributed by atoms with Crippen LogP contribution in [0.2, 0.25) is 0 Å². The van der Waals surface area contributed by atoms with Crippen LogP contribution in [0, 0.1) is 19.3 Å². The molecule has 1 unspecified atom stereocenters. The molecule has 1 heterocycles. The molecule has 50 heavy (non-hydrogen) atoms. The second kappa shape index (κ2) is 16.4. The topological polar surface area (TPSA) is 153 Å². The lowest BCUT2D eigenvalue weighted by atomic mass is 9.66. The molecule has 0 saturated heterocycles. The highest BCUT2D eigenvalue weighted by molar-refractivity contribution is 6.27. The van der Waals surface area contributed by atoms with E-state index in [1.807, 2.05) is 39.8 Å². The number of ether oxygens (including phenoxy) is 3. The summed E-state index contributed by atoms with van der Waals surface area (Å²) in [5, 5.41) is 5.66. The van der Waals surface area contributed by atoms with Gasteiger partial charge in [-0.25, -0.2) is 4.99 Å². The van der Waals surface area contributed by atoms with Crippen molar-refractivity contribution in [2.24, 2.45) is 10.4 Å². The number of carbonyl (C=O) groups is 5. The Hall–Kier alpha value is -5.26. The Morgan fingerprint density at radius 1 is 0.940 bits per heavy atom. The number of rotatable bonds is 14. The molecule has 1 aliphatic carbocycles. The summed E-state index contributed by atoms with van der Waals surface area (Å²) in [7, 11) is 0. The first-order chi connectivity index (χ1) is 23.8. The van der Waals surface area contributed by atoms with Crippen LogP contribution in [0.25, 0.3) is 0 Å². The molecule has 1 atom stereocenters. The second-order valence-corrected chi connectivity index (χ2v) is 12.3. The normalized spacial score (nSPS) is 16.5. The van der Waals surface area contributed by atoms with Crippen molar-refractivity contribution < 1.29 is 38.2 Å². The summed E-state index contributed by atoms with van der Waals surface area (Å²) >= 11 is 0. The van der Waals surface area contributed by atoms with Crippen molar-refractivity contribution in [3.05, 3.63) is 76.6 Å². The molecule has 2 aromatic carbocycles. The molecule has 2 N–H and O–H groups in total. The van der Waals surface area contributed by atoms with E-state index in [2.05, 4.69) is 10.6 Å². The summed E-state index contributed by atoms with van der Waals surface area (Å²) in [6.45, 7) is 12.7. The van der Waals surface area contributed by atoms with E-state index in [0.29, 0.717) is 52.5 Å². The zero-order valence-corrected chi connectivity index (χ0v) is 29.8. The van der Waals surface area contributed by atoms with Gasteiger partial charge >= 0.3 is 11.9 Å². The van der Waals surface area contributed by atoms with Gasteiger partial charge in [0.25, 0.3) is 5.91 Å². The van der Waals surface area contributed by atoms with Gasteiger partial charge in [-0.05, 0) is 89.4 Å². The Balaban J connectivity index is 1.74. The van der Waals surface area contributed by atoms with E-state index in [0.717, 1.165) is 5.56 Å². The molecule has 266 valence electrons. The van der Waals surface area contributed by atoms with Gasteiger partial charge in [0.05, 0.1) is 36.0 Å². The fourth-order valence-corrected chi connectivity index (χ4v) is 6.06. The number of hydrogen-bond donors (Lipinski definition) is 2. The fourth-order valence-electron chi connectivity index (χ4n) is 6.06. The molecule has 0 fully saturated rings. The molecule has 0 aromatic heterocycles. The predicted molar refractivity (Wildman–Crippen MR) is 189 cm³/mol. The van der Waals surface area contributed by atoms with Crippen molar-refractivity contribution in [1.82, 2.24) is 10.6 Å². The molecule has 2 aliphatic rings. The Morgan fingerprint density at radius 3 is 2.12 bits per heavy atom. The van der Waals surface area contributed by atoms with Crippen molar-refractivity contribution in [2.75, 3.05) is 31.2 Å². The first kappa shape index (κ1) is 37.6. The minimum absolute atomic E-state index is 0.0265. The molecule has 12 heteroatoms. The van der Waals surface area contributed by atoms with E-state index in [4.69, 9.17) is 19.2 Å². The van der Waals surface area contributed by atoms with Gasteiger partial charge in [-0.2, -0.15) is 0 Å². The molecule has 2 amide bonds. The Morgan fingerprint density at radius 2 is 1.56 bits per heavy atom. The third-order valence-electron chi connectivity index (χ3n) is 8.90. The second-order valence-electron chi connectivity index (χ2n) is 12.3. The highest BCUT2D eigenvalue weighted by Gasteiger charge is 2.46. The summed E-state index contributed by atoms with van der Waals surface area (Å²) in [5.41, 5.74) is 3.09. The standard InChI is InChI=1S/C38H46N4O8/c1-8-38(9-2)20-31(43)41-35-29(19-30(36(46)34(35)38)40-37(47)25(7)50-27-15-12-23(5)13-16-27)39-28-17-14-26(18-24(28)6)42(21-32(44)48-10-3)22-33(45)49-11-4/h12-19,25H,8-11,20-22H2,1-7H3,(H,40,47)(H,41,43). The molecule has 0 spiro atoms. The van der Waals surface area contributed by atoms with E-state index >= 15 is 0 Å². The maximum atomic E-state index is 14.1. The zero-order chi connectivity index (χ0) is 36.6. The predicted octanol–water partition coefficient (Wildman–Crippen LogP) is 4.94. The van der Waals surface area contributed by atoms with Crippen molar-refractivity contribution in [3.63, 3.8) is 0 Å². The molecular weight excluding hydrogens is 640 g/mol. The molecular formula is C38H46N4O8. The lowest BCUT2D eigenvalue weighted by Gasteiger charge is -2.40. The number of hydrogen-bond acceptors (Lipinski definition) is 10. The van der Waals surface area contributed by atoms with Crippen LogP contribution in [0.1, 0.15) is 65.0 Å². The number of aryl methyl sites for hydroxylation is 2. The quantitative estimate of drug-likeness (QED) is 0.208. The van der Waals surface area contributed by atoms with Crippen LogP contribution in [-0.4, -0.2) is 67.7 Å². The lowest BCUT2D eigenvalue weighted by molar-refractivity contribution is -0.142. The van der Waals surface area contributed by atoms with Crippen molar-refractivity contribution in [1.29, 1.82) is 0 Å². The van der Waals surface area contributed by atoms with Gasteiger partial charge in [0, 0.05) is 23.1 Å². The van der Waals surface area contributed by atoms with Gasteiger partial charge in [-0.1, -0.05) is 31.5 Å². The molecule has 1 aliphatic heterocycles. The van der Waals surface area contributed by atoms with Crippen LogP contribution in [0.5, 0.6) is 5.75 Å². The molecule has 2 aromatic rings. The van der Waals surface area contributed by atoms with E-state index in [1.165, 1.54) is 6.08 Å². The number of carbonyl (C=O) groups excluding carboxylic acids is 5. The van der Waals surface area contributed by atoms with Crippen LogP contribution >= 0.6 is 0 Å². The molecule has 0 bridgehead atoms. The summed E-state index contributed by atoms with van der Waals surface area (Å²) in [6, 6.07) is 12.5. The zero-order valence-electron chi connectivity index (χ0n) is 29.8. The number of esters is 2. The first-order valence-electron chi connectivity index (χ1n) is 17.0. The number of anilines is 1. The van der Waals surface area contributed by atoms with E-state index in [1.54, 1.807) is 56.0 Å². The van der Waals surface area contributed by atoms with E-state index < -0.39 is 29.4 Å². The summed E-state index contributed by atoms with van der Waals surface area (Å²) in [6.07, 6.45) is 1.72. The third kappa shape index (κ3) is 8.66.